The van der Waals surface area contributed by atoms with Crippen LogP contribution in [0.15, 0.2) is 54.9 Å². The van der Waals surface area contributed by atoms with Crippen LogP contribution in [0.1, 0.15) is 24.0 Å². The van der Waals surface area contributed by atoms with Gasteiger partial charge in [-0.1, -0.05) is 41.4 Å². The molecule has 0 radical (unpaired) electrons. The molecule has 10 nitrogen and oxygen atoms in total. The molecule has 1 amide bonds. The fourth-order valence-corrected chi connectivity index (χ4v) is 5.50. The molecule has 3 aromatic heterocycles. The quantitative estimate of drug-likeness (QED) is 0.111. The molecule has 46 heavy (non-hydrogen) atoms. The molecule has 1 aliphatic heterocycles. The van der Waals surface area contributed by atoms with Crippen molar-refractivity contribution in [1.82, 2.24) is 30.9 Å². The summed E-state index contributed by atoms with van der Waals surface area (Å²) in [5, 5.41) is 21.2. The minimum absolute atomic E-state index is 0.0165. The Bertz CT molecular complexity index is 1700. The molecule has 1 atom stereocenters. The third-order valence-corrected chi connectivity index (χ3v) is 7.97. The summed E-state index contributed by atoms with van der Waals surface area (Å²) in [6.07, 6.45) is 4.09. The predicted molar refractivity (Wildman–Crippen MR) is 169 cm³/mol. The standard InChI is InChI=1S/C31H30Cl2F3N7O3/c32-25-21(2-1-3-23(25)42-29-27(34)17(8-10-40-29)14-37-12-13-44)28-26(33)20(9-11-39-28)22-6-4-18(30(43-22)46-31(35)36)15-38-16-19-5-7-24(45)41-19/h1-4,6,8-11,19,31,37-38,44H,5,7,12-16H2,(H,40,42)(H,41,45)/t19-/m0/s1. The molecular formula is C31H30Cl2F3N7O3. The number of aliphatic hydroxyl groups is 1. The highest BCUT2D eigenvalue weighted by Crippen LogP contribution is 2.41. The molecule has 5 N–H and O–H groups in total. The Hall–Kier alpha value is -4.01. The van der Waals surface area contributed by atoms with Crippen molar-refractivity contribution in [2.24, 2.45) is 0 Å². The number of nitrogens with one attached hydrogen (secondary N) is 4. The number of nitrogens with zero attached hydrogens (tertiary/aromatic N) is 3. The van der Waals surface area contributed by atoms with Crippen LogP contribution in [0.25, 0.3) is 22.5 Å². The summed E-state index contributed by atoms with van der Waals surface area (Å²) in [5.74, 6) is -0.910. The first kappa shape index (κ1) is 33.4. The van der Waals surface area contributed by atoms with E-state index in [-0.39, 0.29) is 64.8 Å². The Labute approximate surface area is 272 Å². The second-order valence-electron chi connectivity index (χ2n) is 10.3. The molecule has 1 aliphatic rings. The van der Waals surface area contributed by atoms with Crippen molar-refractivity contribution in [2.75, 3.05) is 25.0 Å². The molecule has 1 fully saturated rings. The Kier molecular flexibility index (Phi) is 11.3. The Morgan fingerprint density at radius 3 is 2.57 bits per heavy atom. The predicted octanol–water partition coefficient (Wildman–Crippen LogP) is 5.45. The van der Waals surface area contributed by atoms with E-state index in [0.717, 1.165) is 0 Å². The maximum absolute atomic E-state index is 15.2. The van der Waals surface area contributed by atoms with Crippen LogP contribution in [0.5, 0.6) is 5.88 Å². The average molecular weight is 677 g/mol. The largest absolute Gasteiger partial charge is 0.417 e. The molecule has 5 rings (SSSR count). The number of alkyl halides is 2. The Balaban J connectivity index is 1.39. The first-order valence-electron chi connectivity index (χ1n) is 14.4. The molecule has 0 spiro atoms. The number of rotatable bonds is 14. The summed E-state index contributed by atoms with van der Waals surface area (Å²) in [4.78, 5) is 24.3. The molecule has 242 valence electrons. The van der Waals surface area contributed by atoms with E-state index in [4.69, 9.17) is 33.0 Å². The van der Waals surface area contributed by atoms with E-state index in [1.165, 1.54) is 18.5 Å². The maximum Gasteiger partial charge on any atom is 0.388 e. The Morgan fingerprint density at radius 2 is 1.80 bits per heavy atom. The zero-order valence-electron chi connectivity index (χ0n) is 24.3. The lowest BCUT2D eigenvalue weighted by molar-refractivity contribution is -0.119. The number of carbonyl (C=O) groups is 1. The molecular weight excluding hydrogens is 646 g/mol. The molecule has 0 bridgehead atoms. The minimum Gasteiger partial charge on any atom is -0.417 e. The van der Waals surface area contributed by atoms with Crippen molar-refractivity contribution in [2.45, 2.75) is 38.6 Å². The lowest BCUT2D eigenvalue weighted by atomic mass is 10.1. The minimum atomic E-state index is -3.11. The van der Waals surface area contributed by atoms with Gasteiger partial charge in [-0.25, -0.2) is 14.4 Å². The summed E-state index contributed by atoms with van der Waals surface area (Å²) in [6.45, 7) is -2.03. The molecule has 0 aliphatic carbocycles. The van der Waals surface area contributed by atoms with Crippen molar-refractivity contribution < 1.29 is 27.8 Å². The number of ether oxygens (including phenoxy) is 1. The topological polar surface area (TPSA) is 133 Å². The molecule has 0 unspecified atom stereocenters. The summed E-state index contributed by atoms with van der Waals surface area (Å²) in [7, 11) is 0. The number of aliphatic hydroxyl groups excluding tert-OH is 1. The third kappa shape index (κ3) is 8.03. The molecule has 4 heterocycles. The highest BCUT2D eigenvalue weighted by molar-refractivity contribution is 6.39. The fourth-order valence-electron chi connectivity index (χ4n) is 4.93. The second-order valence-corrected chi connectivity index (χ2v) is 11.1. The Morgan fingerprint density at radius 1 is 1.00 bits per heavy atom. The summed E-state index contributed by atoms with van der Waals surface area (Å²) in [6, 6.07) is 11.3. The SMILES string of the molecule is O=C1CC[C@@H](CNCc2ccc(-c3ccnc(-c4cccc(Nc5nccc(CNCCO)c5F)c4Cl)c3Cl)nc2OC(F)F)N1. The van der Waals surface area contributed by atoms with E-state index >= 15 is 4.39 Å². The van der Waals surface area contributed by atoms with Gasteiger partial charge in [0.15, 0.2) is 11.6 Å². The molecule has 1 aromatic carbocycles. The van der Waals surface area contributed by atoms with Gasteiger partial charge in [-0.3, -0.25) is 9.78 Å². The number of aromatic nitrogens is 3. The number of amides is 1. The number of carbonyl (C=O) groups excluding carboxylic acids is 1. The van der Waals surface area contributed by atoms with E-state index in [0.29, 0.717) is 53.9 Å². The van der Waals surface area contributed by atoms with Gasteiger partial charge >= 0.3 is 6.61 Å². The zero-order chi connectivity index (χ0) is 32.6. The van der Waals surface area contributed by atoms with Crippen molar-refractivity contribution in [1.29, 1.82) is 0 Å². The normalized spacial score (nSPS) is 14.5. The van der Waals surface area contributed by atoms with Gasteiger partial charge in [-0.15, -0.1) is 0 Å². The maximum atomic E-state index is 15.2. The fraction of sp³-hybridized carbons (Fsp3) is 0.290. The van der Waals surface area contributed by atoms with Crippen LogP contribution in [0.2, 0.25) is 10.0 Å². The van der Waals surface area contributed by atoms with Crippen LogP contribution in [-0.2, 0) is 17.9 Å². The van der Waals surface area contributed by atoms with Gasteiger partial charge in [0.05, 0.1) is 33.7 Å². The molecule has 4 aromatic rings. The van der Waals surface area contributed by atoms with Crippen LogP contribution >= 0.6 is 23.2 Å². The van der Waals surface area contributed by atoms with Crippen molar-refractivity contribution in [3.05, 3.63) is 81.8 Å². The summed E-state index contributed by atoms with van der Waals surface area (Å²) in [5.41, 5.74) is 2.45. The highest BCUT2D eigenvalue weighted by atomic mass is 35.5. The van der Waals surface area contributed by atoms with Gasteiger partial charge in [0.25, 0.3) is 0 Å². The van der Waals surface area contributed by atoms with Crippen LogP contribution < -0.4 is 26.0 Å². The lowest BCUT2D eigenvalue weighted by Gasteiger charge is -2.16. The van der Waals surface area contributed by atoms with Gasteiger partial charge in [0, 0.05) is 73.3 Å². The first-order valence-corrected chi connectivity index (χ1v) is 15.1. The van der Waals surface area contributed by atoms with E-state index in [1.54, 1.807) is 36.4 Å². The number of pyridine rings is 3. The van der Waals surface area contributed by atoms with Crippen LogP contribution in [-0.4, -0.2) is 58.3 Å². The highest BCUT2D eigenvalue weighted by Gasteiger charge is 2.22. The third-order valence-electron chi connectivity index (χ3n) is 7.18. The summed E-state index contributed by atoms with van der Waals surface area (Å²) >= 11 is 13.6. The molecule has 15 heteroatoms. The van der Waals surface area contributed by atoms with Crippen molar-refractivity contribution in [3.8, 4) is 28.4 Å². The molecule has 1 saturated heterocycles. The average Bonchev–Trinajstić information content (AvgIpc) is 3.45. The van der Waals surface area contributed by atoms with E-state index < -0.39 is 12.4 Å². The van der Waals surface area contributed by atoms with Gasteiger partial charge in [0.1, 0.15) is 0 Å². The number of benzene rings is 1. The van der Waals surface area contributed by atoms with E-state index in [1.807, 2.05) is 0 Å². The summed E-state index contributed by atoms with van der Waals surface area (Å²) < 4.78 is 46.6. The van der Waals surface area contributed by atoms with Crippen LogP contribution in [0.4, 0.5) is 24.7 Å². The number of anilines is 2. The van der Waals surface area contributed by atoms with Gasteiger partial charge in [-0.2, -0.15) is 8.78 Å². The smallest absolute Gasteiger partial charge is 0.388 e. The molecule has 0 saturated carbocycles. The van der Waals surface area contributed by atoms with E-state index in [2.05, 4.69) is 36.2 Å². The monoisotopic (exact) mass is 675 g/mol. The number of hydrogen-bond acceptors (Lipinski definition) is 9. The number of hydrogen-bond donors (Lipinski definition) is 5. The van der Waals surface area contributed by atoms with Crippen molar-refractivity contribution >= 4 is 40.6 Å². The van der Waals surface area contributed by atoms with Crippen molar-refractivity contribution in [3.63, 3.8) is 0 Å². The van der Waals surface area contributed by atoms with Crippen LogP contribution in [0.3, 0.4) is 0 Å². The van der Waals surface area contributed by atoms with E-state index in [9.17, 15) is 13.6 Å². The van der Waals surface area contributed by atoms with Gasteiger partial charge in [-0.05, 0) is 30.7 Å². The number of halogens is 5. The zero-order valence-corrected chi connectivity index (χ0v) is 25.8. The van der Waals surface area contributed by atoms with Gasteiger partial charge in [0.2, 0.25) is 11.8 Å². The second kappa shape index (κ2) is 15.5. The lowest BCUT2D eigenvalue weighted by Crippen LogP contribution is -2.35. The van der Waals surface area contributed by atoms with Gasteiger partial charge < -0.3 is 31.1 Å². The van der Waals surface area contributed by atoms with Crippen LogP contribution in [0, 0.1) is 5.82 Å². The first-order chi connectivity index (χ1) is 22.2.